The minimum Gasteiger partial charge on any atom is -0.480 e. The molecule has 11 N–H and O–H groups in total. The molecular formula is C22H30N8O8. The fraction of sp³-hybridized carbons (Fsp3) is 0.364. The van der Waals surface area contributed by atoms with Crippen molar-refractivity contribution in [2.75, 3.05) is 48.4 Å². The van der Waals surface area contributed by atoms with Crippen LogP contribution < -0.4 is 38.3 Å². The molecule has 0 fully saturated rings. The van der Waals surface area contributed by atoms with E-state index < -0.39 is 29.9 Å². The lowest BCUT2D eigenvalue weighted by molar-refractivity contribution is -0.142. The number of carboxylic acids is 2. The number of ether oxygens (including phenoxy) is 1. The molecule has 0 radical (unpaired) electrons. The van der Waals surface area contributed by atoms with Gasteiger partial charge in [-0.1, -0.05) is 0 Å². The third-order valence-corrected chi connectivity index (χ3v) is 5.14. The van der Waals surface area contributed by atoms with Gasteiger partial charge in [0.15, 0.2) is 5.82 Å². The van der Waals surface area contributed by atoms with E-state index in [1.165, 1.54) is 7.11 Å². The summed E-state index contributed by atoms with van der Waals surface area (Å²) in [4.78, 5) is 62.7. The van der Waals surface area contributed by atoms with E-state index in [0.717, 1.165) is 5.69 Å². The molecule has 2 aromatic rings. The van der Waals surface area contributed by atoms with E-state index in [1.807, 2.05) is 0 Å². The van der Waals surface area contributed by atoms with Crippen molar-refractivity contribution in [2.45, 2.75) is 24.9 Å². The Morgan fingerprint density at radius 1 is 1.21 bits per heavy atom. The molecule has 2 atom stereocenters. The number of rotatable bonds is 10. The number of nitrogens with zero attached hydrogens (tertiary/aromatic N) is 1. The standard InChI is InChI=1S/C20H25N7O6.C2H5NO2/c1-33-14(28)7-6-13(19(31)32)25-17(29)10-2-4-11(5-3-10)22-8-12-9-23-16-15(24-12)18(30)27-20(21)26-16;3-1-2(4)5/h2-5,12-13,22,24H,6-9H2,1H3,(H,25,29)(H,31,32)(H4,21,23,26,27,30);1,3H2,(H,4,5). The van der Waals surface area contributed by atoms with Gasteiger partial charge in [0.05, 0.1) is 19.7 Å². The Labute approximate surface area is 216 Å². The summed E-state index contributed by atoms with van der Waals surface area (Å²) in [6, 6.07) is 5.14. The van der Waals surface area contributed by atoms with Gasteiger partial charge in [0.1, 0.15) is 11.7 Å². The second-order valence-corrected chi connectivity index (χ2v) is 7.93. The number of amides is 1. The molecule has 1 amide bonds. The molecule has 1 aliphatic rings. The fourth-order valence-corrected chi connectivity index (χ4v) is 3.19. The Bertz CT molecular complexity index is 1200. The summed E-state index contributed by atoms with van der Waals surface area (Å²) in [5.41, 5.74) is 11.1. The van der Waals surface area contributed by atoms with Crippen LogP contribution in [0.1, 0.15) is 23.2 Å². The molecule has 16 heteroatoms. The van der Waals surface area contributed by atoms with Gasteiger partial charge in [-0.15, -0.1) is 0 Å². The number of nitrogens with one attached hydrogen (secondary N) is 5. The predicted octanol–water partition coefficient (Wildman–Crippen LogP) is -1.16. The number of carbonyl (C=O) groups is 4. The number of H-pyrrole nitrogens is 1. The zero-order valence-corrected chi connectivity index (χ0v) is 20.4. The molecule has 0 spiro atoms. The molecule has 3 rings (SSSR count). The van der Waals surface area contributed by atoms with Crippen LogP contribution in [0, 0.1) is 0 Å². The summed E-state index contributed by atoms with van der Waals surface area (Å²) in [5, 5.41) is 28.6. The summed E-state index contributed by atoms with van der Waals surface area (Å²) in [6.45, 7) is 0.703. The average Bonchev–Trinajstić information content (AvgIpc) is 2.90. The van der Waals surface area contributed by atoms with Crippen LogP contribution in [0.3, 0.4) is 0 Å². The molecule has 1 aromatic carbocycles. The van der Waals surface area contributed by atoms with E-state index in [0.29, 0.717) is 24.6 Å². The third-order valence-electron chi connectivity index (χ3n) is 5.14. The van der Waals surface area contributed by atoms with Crippen molar-refractivity contribution in [3.63, 3.8) is 0 Å². The number of anilines is 4. The number of carbonyl (C=O) groups excluding carboxylic acids is 2. The minimum atomic E-state index is -1.24. The van der Waals surface area contributed by atoms with Gasteiger partial charge in [-0.05, 0) is 30.7 Å². The highest BCUT2D eigenvalue weighted by molar-refractivity contribution is 5.97. The molecule has 38 heavy (non-hydrogen) atoms. The van der Waals surface area contributed by atoms with Crippen LogP contribution >= 0.6 is 0 Å². The predicted molar refractivity (Wildman–Crippen MR) is 137 cm³/mol. The Morgan fingerprint density at radius 3 is 2.45 bits per heavy atom. The molecule has 0 bridgehead atoms. The summed E-state index contributed by atoms with van der Waals surface area (Å²) in [7, 11) is 1.21. The molecule has 206 valence electrons. The van der Waals surface area contributed by atoms with Crippen LogP contribution in [0.4, 0.5) is 23.1 Å². The van der Waals surface area contributed by atoms with Crippen molar-refractivity contribution in [1.29, 1.82) is 0 Å². The van der Waals surface area contributed by atoms with Crippen molar-refractivity contribution < 1.29 is 34.1 Å². The van der Waals surface area contributed by atoms with Gasteiger partial charge in [0.25, 0.3) is 11.5 Å². The van der Waals surface area contributed by atoms with Crippen molar-refractivity contribution in [2.24, 2.45) is 5.73 Å². The first-order valence-corrected chi connectivity index (χ1v) is 11.3. The molecular weight excluding hydrogens is 504 g/mol. The average molecular weight is 535 g/mol. The number of carboxylic acid groups (broad SMARTS) is 2. The van der Waals surface area contributed by atoms with E-state index in [9.17, 15) is 29.1 Å². The number of methoxy groups -OCH3 is 1. The first-order valence-electron chi connectivity index (χ1n) is 11.3. The summed E-state index contributed by atoms with van der Waals surface area (Å²) < 4.78 is 4.49. The maximum Gasteiger partial charge on any atom is 0.326 e. The lowest BCUT2D eigenvalue weighted by atomic mass is 10.1. The van der Waals surface area contributed by atoms with Crippen LogP contribution in [0.15, 0.2) is 29.1 Å². The Morgan fingerprint density at radius 2 is 1.87 bits per heavy atom. The number of hydrogen-bond acceptors (Lipinski definition) is 12. The first kappa shape index (κ1) is 29.4. The smallest absolute Gasteiger partial charge is 0.326 e. The van der Waals surface area contributed by atoms with E-state index in [4.69, 9.17) is 10.8 Å². The highest BCUT2D eigenvalue weighted by Gasteiger charge is 2.23. The van der Waals surface area contributed by atoms with E-state index >= 15 is 0 Å². The number of benzene rings is 1. The van der Waals surface area contributed by atoms with Gasteiger partial charge >= 0.3 is 17.9 Å². The zero-order valence-electron chi connectivity index (χ0n) is 20.4. The number of aliphatic carboxylic acids is 2. The number of nitrogen functional groups attached to an aromatic ring is 1. The molecule has 2 unspecified atom stereocenters. The number of fused-ring (bicyclic) bond motifs is 1. The summed E-state index contributed by atoms with van der Waals surface area (Å²) in [5.74, 6) is -2.90. The van der Waals surface area contributed by atoms with Crippen LogP contribution in [0.25, 0.3) is 0 Å². The second-order valence-electron chi connectivity index (χ2n) is 7.93. The number of aromatic amines is 1. The Balaban J connectivity index is 0.000000926. The van der Waals surface area contributed by atoms with Crippen LogP contribution in [-0.2, 0) is 19.1 Å². The highest BCUT2D eigenvalue weighted by atomic mass is 16.5. The van der Waals surface area contributed by atoms with Crippen LogP contribution in [0.5, 0.6) is 0 Å². The Kier molecular flexibility index (Phi) is 10.8. The van der Waals surface area contributed by atoms with Crippen LogP contribution in [0.2, 0.25) is 0 Å². The van der Waals surface area contributed by atoms with Gasteiger partial charge in [-0.25, -0.2) is 4.79 Å². The number of hydrogen-bond donors (Lipinski definition) is 9. The topological polar surface area (TPSA) is 264 Å². The van der Waals surface area contributed by atoms with Gasteiger partial charge in [0.2, 0.25) is 5.95 Å². The van der Waals surface area contributed by atoms with E-state index in [-0.39, 0.29) is 42.5 Å². The zero-order chi connectivity index (χ0) is 28.2. The lowest BCUT2D eigenvalue weighted by Crippen LogP contribution is -2.41. The summed E-state index contributed by atoms with van der Waals surface area (Å²) >= 11 is 0. The minimum absolute atomic E-state index is 0.0342. The molecule has 0 saturated carbocycles. The Hall–Kier alpha value is -4.86. The maximum atomic E-state index is 12.4. The number of esters is 1. The third kappa shape index (κ3) is 8.98. The van der Waals surface area contributed by atoms with Crippen molar-refractivity contribution >= 4 is 47.0 Å². The number of aromatic nitrogens is 2. The highest BCUT2D eigenvalue weighted by Crippen LogP contribution is 2.20. The molecule has 1 aliphatic heterocycles. The molecule has 2 heterocycles. The molecule has 16 nitrogen and oxygen atoms in total. The normalized spacial score (nSPS) is 14.2. The largest absolute Gasteiger partial charge is 0.480 e. The second kappa shape index (κ2) is 14.0. The van der Waals surface area contributed by atoms with Crippen molar-refractivity contribution in [1.82, 2.24) is 15.3 Å². The summed E-state index contributed by atoms with van der Waals surface area (Å²) in [6.07, 6.45) is -0.204. The lowest BCUT2D eigenvalue weighted by Gasteiger charge is -2.27. The fourth-order valence-electron chi connectivity index (χ4n) is 3.19. The molecule has 0 saturated heterocycles. The van der Waals surface area contributed by atoms with Gasteiger partial charge < -0.3 is 47.7 Å². The SMILES string of the molecule is COC(=O)CCC(NC(=O)c1ccc(NCC2CNc3nc(N)[nH]c(=O)c3N2)cc1)C(=O)O.NCC(=O)O. The first-order chi connectivity index (χ1) is 18.0. The quantitative estimate of drug-likeness (QED) is 0.163. The van der Waals surface area contributed by atoms with Crippen molar-refractivity contribution in [3.8, 4) is 0 Å². The van der Waals surface area contributed by atoms with Gasteiger partial charge in [-0.3, -0.25) is 24.2 Å². The number of nitrogens with two attached hydrogens (primary N) is 2. The van der Waals surface area contributed by atoms with Crippen LogP contribution in [-0.4, -0.2) is 82.8 Å². The molecule has 0 aliphatic carbocycles. The van der Waals surface area contributed by atoms with Gasteiger partial charge in [0, 0.05) is 30.8 Å². The van der Waals surface area contributed by atoms with Gasteiger partial charge in [-0.2, -0.15) is 4.98 Å². The van der Waals surface area contributed by atoms with E-state index in [2.05, 4.69) is 41.7 Å². The molecule has 1 aromatic heterocycles. The van der Waals surface area contributed by atoms with Crippen molar-refractivity contribution in [3.05, 3.63) is 40.2 Å². The monoisotopic (exact) mass is 534 g/mol. The van der Waals surface area contributed by atoms with E-state index in [1.54, 1.807) is 24.3 Å². The maximum absolute atomic E-state index is 12.4.